The summed E-state index contributed by atoms with van der Waals surface area (Å²) in [6.45, 7) is 8.33. The van der Waals surface area contributed by atoms with Crippen LogP contribution in [0.3, 0.4) is 0 Å². The van der Waals surface area contributed by atoms with Gasteiger partial charge >= 0.3 is 0 Å². The number of benzene rings is 1. The van der Waals surface area contributed by atoms with Crippen LogP contribution in [0.4, 0.5) is 0 Å². The van der Waals surface area contributed by atoms with E-state index in [9.17, 15) is 5.21 Å². The summed E-state index contributed by atoms with van der Waals surface area (Å²) in [5, 5.41) is 11.0. The van der Waals surface area contributed by atoms with E-state index in [1.54, 1.807) is 0 Å². The summed E-state index contributed by atoms with van der Waals surface area (Å²) in [7, 11) is 0. The van der Waals surface area contributed by atoms with Gasteiger partial charge in [-0.1, -0.05) is 49.4 Å². The Morgan fingerprint density at radius 2 is 2.00 bits per heavy atom. The zero-order valence-corrected chi connectivity index (χ0v) is 8.77. The summed E-state index contributed by atoms with van der Waals surface area (Å²) in [5.41, 5.74) is 2.02. The average Bonchev–Trinajstić information content (AvgIpc) is 2.19. The molecule has 0 aromatic heterocycles. The van der Waals surface area contributed by atoms with E-state index >= 15 is 0 Å². The quantitative estimate of drug-likeness (QED) is 0.584. The summed E-state index contributed by atoms with van der Waals surface area (Å²) in [4.78, 5) is 0. The second-order valence-electron chi connectivity index (χ2n) is 3.42. The van der Waals surface area contributed by atoms with Crippen molar-refractivity contribution in [1.82, 2.24) is 5.06 Å². The van der Waals surface area contributed by atoms with Crippen LogP contribution in [-0.2, 0) is 0 Å². The molecule has 0 aliphatic heterocycles. The molecule has 1 aromatic rings. The Morgan fingerprint density at radius 1 is 1.43 bits per heavy atom. The average molecular weight is 191 g/mol. The van der Waals surface area contributed by atoms with Crippen molar-refractivity contribution in [3.8, 4) is 0 Å². The molecule has 0 fully saturated rings. The van der Waals surface area contributed by atoms with Crippen molar-refractivity contribution < 1.29 is 5.21 Å². The van der Waals surface area contributed by atoms with Gasteiger partial charge in [-0.3, -0.25) is 0 Å². The maximum Gasteiger partial charge on any atom is 0.0804 e. The molecule has 0 aliphatic carbocycles. The van der Waals surface area contributed by atoms with E-state index in [0.29, 0.717) is 6.54 Å². The van der Waals surface area contributed by atoms with Crippen LogP contribution < -0.4 is 0 Å². The van der Waals surface area contributed by atoms with Gasteiger partial charge in [0.15, 0.2) is 0 Å². The van der Waals surface area contributed by atoms with Crippen LogP contribution in [0.15, 0.2) is 42.5 Å². The van der Waals surface area contributed by atoms with Gasteiger partial charge in [-0.25, -0.2) is 0 Å². The van der Waals surface area contributed by atoms with Crippen molar-refractivity contribution in [3.63, 3.8) is 0 Å². The molecule has 0 aliphatic rings. The molecule has 1 N–H and O–H groups in total. The minimum atomic E-state index is -0.0961. The molecule has 1 atom stereocenters. The molecule has 0 spiro atoms. The standard InChI is InChI=1S/C12H17NO/c1-4-13(14)12(10(2)3)11-8-6-5-7-9-11/h5-9,12,14H,2,4H2,1,3H3. The van der Waals surface area contributed by atoms with Crippen LogP contribution in [0, 0.1) is 0 Å². The zero-order valence-electron chi connectivity index (χ0n) is 8.77. The lowest BCUT2D eigenvalue weighted by Crippen LogP contribution is -2.25. The third-order valence-electron chi connectivity index (χ3n) is 2.20. The van der Waals surface area contributed by atoms with Crippen molar-refractivity contribution in [2.24, 2.45) is 0 Å². The van der Waals surface area contributed by atoms with Crippen molar-refractivity contribution in [2.75, 3.05) is 6.54 Å². The second-order valence-corrected chi connectivity index (χ2v) is 3.42. The first kappa shape index (κ1) is 11.0. The smallest absolute Gasteiger partial charge is 0.0804 e. The molecule has 0 amide bonds. The van der Waals surface area contributed by atoms with Gasteiger partial charge in [0.25, 0.3) is 0 Å². The summed E-state index contributed by atoms with van der Waals surface area (Å²) in [5.74, 6) is 0. The molecule has 2 nitrogen and oxygen atoms in total. The highest BCUT2D eigenvalue weighted by atomic mass is 16.5. The van der Waals surface area contributed by atoms with Crippen LogP contribution in [0.5, 0.6) is 0 Å². The highest BCUT2D eigenvalue weighted by Crippen LogP contribution is 2.25. The first-order valence-electron chi connectivity index (χ1n) is 4.82. The summed E-state index contributed by atoms with van der Waals surface area (Å²) >= 11 is 0. The van der Waals surface area contributed by atoms with Crippen molar-refractivity contribution >= 4 is 0 Å². The summed E-state index contributed by atoms with van der Waals surface area (Å²) < 4.78 is 0. The van der Waals surface area contributed by atoms with Gasteiger partial charge in [0.05, 0.1) is 6.04 Å². The van der Waals surface area contributed by atoms with Gasteiger partial charge in [-0.05, 0) is 12.5 Å². The first-order chi connectivity index (χ1) is 6.66. The van der Waals surface area contributed by atoms with E-state index in [1.807, 2.05) is 44.2 Å². The molecule has 1 rings (SSSR count). The number of hydrogen-bond donors (Lipinski definition) is 1. The Labute approximate surface area is 85.4 Å². The molecular formula is C12H17NO. The normalized spacial score (nSPS) is 12.9. The molecule has 14 heavy (non-hydrogen) atoms. The lowest BCUT2D eigenvalue weighted by molar-refractivity contribution is -0.113. The summed E-state index contributed by atoms with van der Waals surface area (Å²) in [6.07, 6.45) is 0. The van der Waals surface area contributed by atoms with Crippen molar-refractivity contribution in [2.45, 2.75) is 19.9 Å². The number of hydroxylamine groups is 2. The lowest BCUT2D eigenvalue weighted by Gasteiger charge is -2.25. The van der Waals surface area contributed by atoms with Gasteiger partial charge < -0.3 is 5.21 Å². The Bertz CT molecular complexity index is 294. The lowest BCUT2D eigenvalue weighted by atomic mass is 10.0. The third-order valence-corrected chi connectivity index (χ3v) is 2.20. The molecule has 0 bridgehead atoms. The van der Waals surface area contributed by atoms with E-state index < -0.39 is 0 Å². The Balaban J connectivity index is 2.95. The van der Waals surface area contributed by atoms with Crippen LogP contribution in [-0.4, -0.2) is 16.8 Å². The van der Waals surface area contributed by atoms with Crippen LogP contribution in [0.2, 0.25) is 0 Å². The Morgan fingerprint density at radius 3 is 2.43 bits per heavy atom. The fraction of sp³-hybridized carbons (Fsp3) is 0.333. The molecule has 0 radical (unpaired) electrons. The van der Waals surface area contributed by atoms with E-state index in [0.717, 1.165) is 11.1 Å². The van der Waals surface area contributed by atoms with E-state index in [2.05, 4.69) is 6.58 Å². The monoisotopic (exact) mass is 191 g/mol. The predicted molar refractivity (Wildman–Crippen MR) is 58.2 cm³/mol. The first-order valence-corrected chi connectivity index (χ1v) is 4.82. The van der Waals surface area contributed by atoms with E-state index in [1.165, 1.54) is 5.06 Å². The van der Waals surface area contributed by atoms with Gasteiger partial charge in [0.2, 0.25) is 0 Å². The van der Waals surface area contributed by atoms with Crippen molar-refractivity contribution in [3.05, 3.63) is 48.0 Å². The molecule has 0 saturated carbocycles. The molecule has 2 heteroatoms. The van der Waals surface area contributed by atoms with Gasteiger partial charge in [-0.2, -0.15) is 5.06 Å². The van der Waals surface area contributed by atoms with Crippen molar-refractivity contribution in [1.29, 1.82) is 0 Å². The fourth-order valence-electron chi connectivity index (χ4n) is 1.53. The maximum atomic E-state index is 9.71. The number of rotatable bonds is 4. The van der Waals surface area contributed by atoms with E-state index in [4.69, 9.17) is 0 Å². The predicted octanol–water partition coefficient (Wildman–Crippen LogP) is 3.01. The fourth-order valence-corrected chi connectivity index (χ4v) is 1.53. The molecular weight excluding hydrogens is 174 g/mol. The molecule has 0 saturated heterocycles. The summed E-state index contributed by atoms with van der Waals surface area (Å²) in [6, 6.07) is 9.80. The minimum absolute atomic E-state index is 0.0961. The third kappa shape index (κ3) is 2.44. The zero-order chi connectivity index (χ0) is 10.6. The van der Waals surface area contributed by atoms with Gasteiger partial charge in [0.1, 0.15) is 0 Å². The Hall–Kier alpha value is -1.12. The van der Waals surface area contributed by atoms with Crippen LogP contribution in [0.1, 0.15) is 25.5 Å². The van der Waals surface area contributed by atoms with E-state index in [-0.39, 0.29) is 6.04 Å². The number of nitrogens with zero attached hydrogens (tertiary/aromatic N) is 1. The maximum absolute atomic E-state index is 9.71. The number of hydrogen-bond acceptors (Lipinski definition) is 2. The SMILES string of the molecule is C=C(C)C(c1ccccc1)N(O)CC. The van der Waals surface area contributed by atoms with Gasteiger partial charge in [-0.15, -0.1) is 0 Å². The number of likely N-dealkylation sites (N-methyl/N-ethyl adjacent to an activating group) is 1. The van der Waals surface area contributed by atoms with Gasteiger partial charge in [0, 0.05) is 6.54 Å². The highest BCUT2D eigenvalue weighted by molar-refractivity contribution is 5.25. The van der Waals surface area contributed by atoms with Crippen LogP contribution >= 0.6 is 0 Å². The largest absolute Gasteiger partial charge is 0.313 e. The minimum Gasteiger partial charge on any atom is -0.313 e. The topological polar surface area (TPSA) is 23.5 Å². The molecule has 76 valence electrons. The second kappa shape index (κ2) is 4.94. The van der Waals surface area contributed by atoms with Crippen LogP contribution in [0.25, 0.3) is 0 Å². The highest BCUT2D eigenvalue weighted by Gasteiger charge is 2.17. The molecule has 1 unspecified atom stereocenters. The molecule has 1 aromatic carbocycles. The Kier molecular flexibility index (Phi) is 3.86. The molecule has 0 heterocycles.